The molecule has 0 radical (unpaired) electrons. The normalized spacial score (nSPS) is 17.9. The number of aromatic nitrogens is 2. The third-order valence-corrected chi connectivity index (χ3v) is 7.19. The number of carbonyl (C=O) groups excluding carboxylic acids is 1. The van der Waals surface area contributed by atoms with E-state index in [-0.39, 0.29) is 11.8 Å². The second-order valence-corrected chi connectivity index (χ2v) is 10.2. The number of carbonyl (C=O) groups is 1. The van der Waals surface area contributed by atoms with Crippen LogP contribution >= 0.6 is 15.9 Å². The lowest BCUT2D eigenvalue weighted by molar-refractivity contribution is 0.0995. The highest BCUT2D eigenvalue weighted by molar-refractivity contribution is 9.10. The van der Waals surface area contributed by atoms with Gasteiger partial charge in [-0.1, -0.05) is 12.1 Å². The van der Waals surface area contributed by atoms with E-state index in [1.54, 1.807) is 6.20 Å². The van der Waals surface area contributed by atoms with E-state index >= 15 is 0 Å². The topological polar surface area (TPSA) is 104 Å². The number of aryl methyl sites for hydroxylation is 1. The maximum Gasteiger partial charge on any atom is 0.224 e. The van der Waals surface area contributed by atoms with Gasteiger partial charge < -0.3 is 10.6 Å². The number of nitrogens with one attached hydrogen (secondary N) is 2. The Balaban J connectivity index is 1.48. The van der Waals surface area contributed by atoms with Crippen LogP contribution in [0.3, 0.4) is 0 Å². The summed E-state index contributed by atoms with van der Waals surface area (Å²) in [5.74, 6) is 1.18. The lowest BCUT2D eigenvalue weighted by Crippen LogP contribution is -2.42. The number of sulfonamides is 1. The summed E-state index contributed by atoms with van der Waals surface area (Å²) in [6.45, 7) is 0.965. The zero-order valence-corrected chi connectivity index (χ0v) is 18.4. The summed E-state index contributed by atoms with van der Waals surface area (Å²) >= 11 is 3.47. The van der Waals surface area contributed by atoms with Crippen molar-refractivity contribution in [3.05, 3.63) is 40.0 Å². The van der Waals surface area contributed by atoms with Crippen molar-refractivity contribution >= 4 is 49.2 Å². The van der Waals surface area contributed by atoms with Gasteiger partial charge in [0.2, 0.25) is 16.0 Å². The van der Waals surface area contributed by atoms with E-state index in [2.05, 4.69) is 36.5 Å². The second kappa shape index (κ2) is 8.00. The first-order valence-corrected chi connectivity index (χ1v) is 12.1. The maximum atomic E-state index is 12.2. The van der Waals surface area contributed by atoms with E-state index in [9.17, 15) is 13.2 Å². The van der Waals surface area contributed by atoms with Crippen LogP contribution in [0.1, 0.15) is 35.2 Å². The summed E-state index contributed by atoms with van der Waals surface area (Å²) in [4.78, 5) is 21.1. The first-order valence-electron chi connectivity index (χ1n) is 9.47. The molecule has 2 aliphatic rings. The van der Waals surface area contributed by atoms with E-state index in [0.29, 0.717) is 48.6 Å². The van der Waals surface area contributed by atoms with Crippen molar-refractivity contribution in [3.8, 4) is 0 Å². The molecule has 1 aromatic carbocycles. The Bertz CT molecular complexity index is 1050. The third-order valence-electron chi connectivity index (χ3n) is 5.30. The number of halogens is 1. The molecule has 2 N–H and O–H groups in total. The molecule has 29 heavy (non-hydrogen) atoms. The molecular weight excluding hydrogens is 458 g/mol. The molecule has 0 unspecified atom stereocenters. The molecular formula is C19H22BrN5O3S. The number of nitrogens with zero attached hydrogens (tertiary/aromatic N) is 3. The van der Waals surface area contributed by atoms with E-state index in [1.165, 1.54) is 10.6 Å². The smallest absolute Gasteiger partial charge is 0.224 e. The fourth-order valence-electron chi connectivity index (χ4n) is 3.78. The van der Waals surface area contributed by atoms with Gasteiger partial charge in [-0.2, -0.15) is 4.98 Å². The minimum atomic E-state index is -3.15. The molecule has 1 aliphatic carbocycles. The van der Waals surface area contributed by atoms with Crippen LogP contribution < -0.4 is 10.6 Å². The van der Waals surface area contributed by atoms with Crippen LogP contribution in [-0.2, 0) is 16.4 Å². The lowest BCUT2D eigenvalue weighted by Gasteiger charge is -2.30. The quantitative estimate of drug-likeness (QED) is 0.678. The van der Waals surface area contributed by atoms with Gasteiger partial charge in [0.05, 0.1) is 16.4 Å². The van der Waals surface area contributed by atoms with Crippen LogP contribution in [0, 0.1) is 0 Å². The van der Waals surface area contributed by atoms with E-state index < -0.39 is 10.0 Å². The molecule has 0 bridgehead atoms. The van der Waals surface area contributed by atoms with E-state index in [4.69, 9.17) is 0 Å². The van der Waals surface area contributed by atoms with Crippen LogP contribution in [0.25, 0.3) is 0 Å². The van der Waals surface area contributed by atoms with Crippen LogP contribution in [-0.4, -0.2) is 53.9 Å². The number of benzene rings is 1. The Morgan fingerprint density at radius 3 is 2.69 bits per heavy atom. The van der Waals surface area contributed by atoms with Crippen molar-refractivity contribution in [2.45, 2.75) is 31.7 Å². The molecule has 0 amide bonds. The van der Waals surface area contributed by atoms with Crippen molar-refractivity contribution in [2.24, 2.45) is 0 Å². The van der Waals surface area contributed by atoms with Crippen LogP contribution in [0.4, 0.5) is 17.5 Å². The minimum Gasteiger partial charge on any atom is -0.351 e. The van der Waals surface area contributed by atoms with Gasteiger partial charge in [0.25, 0.3) is 0 Å². The Morgan fingerprint density at radius 2 is 1.97 bits per heavy atom. The standard InChI is InChI=1S/C19H22BrN5O3S/c1-29(27,28)25-9-7-13(8-10-25)22-19-21-11-14(20)18(24-19)23-15-4-2-3-12-5-6-16(26)17(12)15/h2-4,11,13H,5-10H2,1H3,(H2,21,22,23,24). The average molecular weight is 480 g/mol. The maximum absolute atomic E-state index is 12.2. The van der Waals surface area contributed by atoms with Crippen LogP contribution in [0.15, 0.2) is 28.9 Å². The van der Waals surface area contributed by atoms with Gasteiger partial charge in [-0.15, -0.1) is 0 Å². The summed E-state index contributed by atoms with van der Waals surface area (Å²) in [5, 5.41) is 6.56. The number of hydrogen-bond donors (Lipinski definition) is 2. The zero-order valence-electron chi connectivity index (χ0n) is 16.0. The van der Waals surface area contributed by atoms with Crippen molar-refractivity contribution in [3.63, 3.8) is 0 Å². The molecule has 4 rings (SSSR count). The van der Waals surface area contributed by atoms with Gasteiger partial charge in [0, 0.05) is 37.3 Å². The number of anilines is 3. The van der Waals surface area contributed by atoms with Crippen molar-refractivity contribution in [1.29, 1.82) is 0 Å². The molecule has 1 aliphatic heterocycles. The van der Waals surface area contributed by atoms with Gasteiger partial charge >= 0.3 is 0 Å². The van der Waals surface area contributed by atoms with Crippen molar-refractivity contribution in [1.82, 2.24) is 14.3 Å². The highest BCUT2D eigenvalue weighted by Gasteiger charge is 2.26. The number of hydrogen-bond acceptors (Lipinski definition) is 7. The Labute approximate surface area is 178 Å². The predicted molar refractivity (Wildman–Crippen MR) is 115 cm³/mol. The fourth-order valence-corrected chi connectivity index (χ4v) is 4.95. The first-order chi connectivity index (χ1) is 13.8. The number of Topliss-reactive ketones (excluding diaryl/α,β-unsaturated/α-hetero) is 1. The molecule has 1 fully saturated rings. The molecule has 0 saturated carbocycles. The summed E-state index contributed by atoms with van der Waals surface area (Å²) in [7, 11) is -3.15. The Hall–Kier alpha value is -2.04. The summed E-state index contributed by atoms with van der Waals surface area (Å²) in [5.41, 5.74) is 2.54. The third kappa shape index (κ3) is 4.44. The number of piperidine rings is 1. The molecule has 1 aromatic heterocycles. The fraction of sp³-hybridized carbons (Fsp3) is 0.421. The highest BCUT2D eigenvalue weighted by atomic mass is 79.9. The van der Waals surface area contributed by atoms with Gasteiger partial charge in [-0.25, -0.2) is 17.7 Å². The minimum absolute atomic E-state index is 0.101. The second-order valence-electron chi connectivity index (χ2n) is 7.36. The van der Waals surface area contributed by atoms with Crippen molar-refractivity contribution in [2.75, 3.05) is 30.0 Å². The molecule has 0 atom stereocenters. The molecule has 2 heterocycles. The summed E-state index contributed by atoms with van der Waals surface area (Å²) < 4.78 is 25.5. The molecule has 154 valence electrons. The van der Waals surface area contributed by atoms with Crippen LogP contribution in [0.2, 0.25) is 0 Å². The molecule has 1 saturated heterocycles. The molecule has 10 heteroatoms. The average Bonchev–Trinajstić information content (AvgIpc) is 3.06. The SMILES string of the molecule is CS(=O)(=O)N1CCC(Nc2ncc(Br)c(Nc3cccc4c3C(=O)CC4)n2)CC1. The van der Waals surface area contributed by atoms with Gasteiger partial charge in [-0.3, -0.25) is 4.79 Å². The highest BCUT2D eigenvalue weighted by Crippen LogP contribution is 2.32. The zero-order chi connectivity index (χ0) is 20.6. The van der Waals surface area contributed by atoms with Crippen LogP contribution in [0.5, 0.6) is 0 Å². The lowest BCUT2D eigenvalue weighted by atomic mass is 10.1. The van der Waals surface area contributed by atoms with Crippen molar-refractivity contribution < 1.29 is 13.2 Å². The number of fused-ring (bicyclic) bond motifs is 1. The summed E-state index contributed by atoms with van der Waals surface area (Å²) in [6, 6.07) is 5.90. The molecule has 0 spiro atoms. The summed E-state index contributed by atoms with van der Waals surface area (Å²) in [6.07, 6.45) is 5.59. The first kappa shape index (κ1) is 20.2. The number of ketones is 1. The van der Waals surface area contributed by atoms with E-state index in [1.807, 2.05) is 18.2 Å². The largest absolute Gasteiger partial charge is 0.351 e. The van der Waals surface area contributed by atoms with Gasteiger partial charge in [0.1, 0.15) is 5.82 Å². The Kier molecular flexibility index (Phi) is 5.58. The molecule has 2 aromatic rings. The Morgan fingerprint density at radius 1 is 1.21 bits per heavy atom. The monoisotopic (exact) mass is 479 g/mol. The van der Waals surface area contributed by atoms with E-state index in [0.717, 1.165) is 23.2 Å². The number of rotatable bonds is 5. The molecule has 8 nitrogen and oxygen atoms in total. The van der Waals surface area contributed by atoms with Gasteiger partial charge in [0.15, 0.2) is 5.78 Å². The predicted octanol–water partition coefficient (Wildman–Crippen LogP) is 2.95. The van der Waals surface area contributed by atoms with Gasteiger partial charge in [-0.05, 0) is 46.8 Å².